The van der Waals surface area contributed by atoms with Crippen LogP contribution in [0.5, 0.6) is 0 Å². The van der Waals surface area contributed by atoms with Crippen molar-refractivity contribution in [2.45, 2.75) is 57.8 Å². The summed E-state index contributed by atoms with van der Waals surface area (Å²) in [5.74, 6) is -0.889. The van der Waals surface area contributed by atoms with Crippen LogP contribution in [-0.4, -0.2) is 50.3 Å². The lowest BCUT2D eigenvalue weighted by atomic mass is 9.93. The molecule has 1 atom stereocenters. The predicted molar refractivity (Wildman–Crippen MR) is 133 cm³/mol. The molecule has 3 amide bonds. The minimum Gasteiger partial charge on any atom is -0.350 e. The summed E-state index contributed by atoms with van der Waals surface area (Å²) < 4.78 is 1.65. The van der Waals surface area contributed by atoms with Crippen LogP contribution >= 0.6 is 11.3 Å². The van der Waals surface area contributed by atoms with Gasteiger partial charge in [0.15, 0.2) is 5.69 Å². The van der Waals surface area contributed by atoms with E-state index in [9.17, 15) is 14.4 Å². The zero-order valence-electron chi connectivity index (χ0n) is 19.9. The molecule has 1 aliphatic heterocycles. The van der Waals surface area contributed by atoms with Gasteiger partial charge in [-0.25, -0.2) is 4.98 Å². The zero-order chi connectivity index (χ0) is 24.6. The Morgan fingerprint density at radius 3 is 2.74 bits per heavy atom. The van der Waals surface area contributed by atoms with E-state index in [1.807, 2.05) is 48.7 Å². The van der Waals surface area contributed by atoms with E-state index >= 15 is 0 Å². The highest BCUT2D eigenvalue weighted by atomic mass is 32.1. The molecule has 1 aromatic carbocycles. The van der Waals surface area contributed by atoms with Gasteiger partial charge in [0, 0.05) is 24.0 Å². The lowest BCUT2D eigenvalue weighted by Gasteiger charge is -2.44. The van der Waals surface area contributed by atoms with Gasteiger partial charge in [0.25, 0.3) is 11.8 Å². The lowest BCUT2D eigenvalue weighted by molar-refractivity contribution is -0.133. The summed E-state index contributed by atoms with van der Waals surface area (Å²) in [4.78, 5) is 47.2. The average molecular weight is 492 g/mol. The van der Waals surface area contributed by atoms with E-state index in [2.05, 4.69) is 15.6 Å². The average Bonchev–Trinajstić information content (AvgIpc) is 3.34. The number of nitrogens with zero attached hydrogens (tertiary/aromatic N) is 3. The van der Waals surface area contributed by atoms with Crippen LogP contribution in [0.4, 0.5) is 0 Å². The number of thiophene rings is 1. The number of aromatic nitrogens is 2. The Bertz CT molecular complexity index is 1260. The van der Waals surface area contributed by atoms with E-state index < -0.39 is 5.54 Å². The van der Waals surface area contributed by atoms with Gasteiger partial charge in [-0.2, -0.15) is 0 Å². The van der Waals surface area contributed by atoms with Crippen LogP contribution in [0.25, 0.3) is 0 Å². The molecule has 1 unspecified atom stereocenters. The fraction of sp³-hybridized carbons (Fsp3) is 0.385. The number of benzene rings is 1. The number of aryl methyl sites for hydroxylation is 1. The molecule has 3 aromatic rings. The van der Waals surface area contributed by atoms with Gasteiger partial charge >= 0.3 is 0 Å². The van der Waals surface area contributed by atoms with Crippen molar-refractivity contribution in [2.24, 2.45) is 0 Å². The van der Waals surface area contributed by atoms with E-state index in [1.165, 1.54) is 11.2 Å². The molecule has 5 rings (SSSR count). The van der Waals surface area contributed by atoms with E-state index in [4.69, 9.17) is 0 Å². The van der Waals surface area contributed by atoms with Crippen molar-refractivity contribution in [3.8, 4) is 0 Å². The van der Waals surface area contributed by atoms with Crippen molar-refractivity contribution < 1.29 is 14.4 Å². The van der Waals surface area contributed by atoms with Crippen molar-refractivity contribution >= 4 is 29.1 Å². The molecule has 3 heterocycles. The number of rotatable bonds is 8. The number of hydrogen-bond donors (Lipinski definition) is 2. The molecule has 1 saturated carbocycles. The second-order valence-electron chi connectivity index (χ2n) is 9.51. The smallest absolute Gasteiger partial charge is 0.274 e. The highest BCUT2D eigenvalue weighted by molar-refractivity contribution is 7.09. The maximum absolute atomic E-state index is 13.7. The number of carbonyl (C=O) groups excluding carboxylic acids is 3. The van der Waals surface area contributed by atoms with Crippen LogP contribution in [0.3, 0.4) is 0 Å². The Labute approximate surface area is 208 Å². The quantitative estimate of drug-likeness (QED) is 0.506. The molecule has 0 spiro atoms. The van der Waals surface area contributed by atoms with Gasteiger partial charge in [0.1, 0.15) is 11.2 Å². The van der Waals surface area contributed by atoms with Crippen molar-refractivity contribution in [3.05, 3.63) is 75.5 Å². The first-order chi connectivity index (χ1) is 16.9. The third-order valence-electron chi connectivity index (χ3n) is 6.66. The molecular formula is C26H29N5O3S. The maximum atomic E-state index is 13.7. The Morgan fingerprint density at radius 2 is 2.03 bits per heavy atom. The second-order valence-corrected chi connectivity index (χ2v) is 10.5. The largest absolute Gasteiger partial charge is 0.350 e. The Balaban J connectivity index is 1.34. The first kappa shape index (κ1) is 23.3. The van der Waals surface area contributed by atoms with Crippen LogP contribution in [0, 0.1) is 6.92 Å². The summed E-state index contributed by atoms with van der Waals surface area (Å²) >= 11 is 1.64. The van der Waals surface area contributed by atoms with Crippen LogP contribution in [0.2, 0.25) is 0 Å². The number of nitrogens with one attached hydrogen (secondary N) is 2. The highest BCUT2D eigenvalue weighted by Gasteiger charge is 2.53. The first-order valence-electron chi connectivity index (χ1n) is 11.9. The van der Waals surface area contributed by atoms with E-state index in [1.54, 1.807) is 27.7 Å². The van der Waals surface area contributed by atoms with Gasteiger partial charge < -0.3 is 20.1 Å². The Hall–Kier alpha value is -3.46. The number of imidazole rings is 1. The van der Waals surface area contributed by atoms with Crippen LogP contribution in [-0.2, 0) is 24.3 Å². The third kappa shape index (κ3) is 4.60. The Kier molecular flexibility index (Phi) is 6.19. The monoisotopic (exact) mass is 491 g/mol. The number of amides is 3. The maximum Gasteiger partial charge on any atom is 0.274 e. The fourth-order valence-electron chi connectivity index (χ4n) is 4.75. The van der Waals surface area contributed by atoms with Crippen molar-refractivity contribution in [1.29, 1.82) is 0 Å². The molecule has 0 radical (unpaired) electrons. The predicted octanol–water partition coefficient (Wildman–Crippen LogP) is 2.92. The topological polar surface area (TPSA) is 96.3 Å². The van der Waals surface area contributed by atoms with Gasteiger partial charge in [0.05, 0.1) is 12.9 Å². The summed E-state index contributed by atoms with van der Waals surface area (Å²) in [7, 11) is 0. The van der Waals surface area contributed by atoms with Gasteiger partial charge in [-0.05, 0) is 50.1 Å². The van der Waals surface area contributed by atoms with E-state index in [0.717, 1.165) is 30.4 Å². The van der Waals surface area contributed by atoms with E-state index in [0.29, 0.717) is 13.1 Å². The number of carbonyl (C=O) groups is 3. The minimum atomic E-state index is -1.07. The highest BCUT2D eigenvalue weighted by Crippen LogP contribution is 2.38. The summed E-state index contributed by atoms with van der Waals surface area (Å²) in [6, 6.07) is 12.0. The molecule has 9 heteroatoms. The summed E-state index contributed by atoms with van der Waals surface area (Å²) in [5.41, 5.74) is 1.44. The van der Waals surface area contributed by atoms with Crippen molar-refractivity contribution in [2.75, 3.05) is 6.54 Å². The summed E-state index contributed by atoms with van der Waals surface area (Å²) in [6.45, 7) is 4.92. The number of hydrogen-bond acceptors (Lipinski definition) is 5. The van der Waals surface area contributed by atoms with Gasteiger partial charge in [-0.3, -0.25) is 14.4 Å². The molecule has 2 N–H and O–H groups in total. The van der Waals surface area contributed by atoms with Crippen molar-refractivity contribution in [3.63, 3.8) is 0 Å². The van der Waals surface area contributed by atoms with Crippen LogP contribution < -0.4 is 10.6 Å². The molecule has 0 bridgehead atoms. The Morgan fingerprint density at radius 1 is 1.20 bits per heavy atom. The van der Waals surface area contributed by atoms with Gasteiger partial charge in [0.2, 0.25) is 5.91 Å². The summed E-state index contributed by atoms with van der Waals surface area (Å²) in [6.07, 6.45) is 3.92. The van der Waals surface area contributed by atoms with Crippen LogP contribution in [0.1, 0.15) is 56.7 Å². The molecule has 35 heavy (non-hydrogen) atoms. The molecular weight excluding hydrogens is 462 g/mol. The zero-order valence-corrected chi connectivity index (χ0v) is 20.7. The molecule has 1 aliphatic carbocycles. The molecule has 182 valence electrons. The van der Waals surface area contributed by atoms with Crippen molar-refractivity contribution in [1.82, 2.24) is 25.1 Å². The molecule has 2 aromatic heterocycles. The molecule has 0 saturated heterocycles. The normalized spacial score (nSPS) is 19.4. The second kappa shape index (κ2) is 9.30. The van der Waals surface area contributed by atoms with Gasteiger partial charge in [-0.1, -0.05) is 35.9 Å². The number of fused-ring (bicyclic) bond motifs is 1. The molecule has 2 aliphatic rings. The molecule has 1 fully saturated rings. The third-order valence-corrected chi connectivity index (χ3v) is 7.59. The van der Waals surface area contributed by atoms with Gasteiger partial charge in [-0.15, -0.1) is 11.3 Å². The summed E-state index contributed by atoms with van der Waals surface area (Å²) in [5, 5.41) is 7.91. The first-order valence-corrected chi connectivity index (χ1v) is 12.8. The van der Waals surface area contributed by atoms with Crippen LogP contribution in [0.15, 0.2) is 48.1 Å². The van der Waals surface area contributed by atoms with E-state index in [-0.39, 0.29) is 41.7 Å². The fourth-order valence-corrected chi connectivity index (χ4v) is 5.46. The SMILES string of the molecule is Cc1cccc(CNC(=O)C2(C)Cn3cnc(C(=O)NCCc4cccs4)c3C(=O)N2C2CC2)c1. The lowest BCUT2D eigenvalue weighted by Crippen LogP contribution is -2.64. The standard InChI is InChI=1S/C26H29N5O3S/c1-17-5-3-6-18(13-17)14-28-25(34)26(2)15-30-16-29-21(22(30)24(33)31(26)19-8-9-19)23(32)27-11-10-20-7-4-12-35-20/h3-7,12-13,16,19H,8-11,14-15H2,1-2H3,(H,27,32)(H,28,34). The molecule has 8 nitrogen and oxygen atoms in total. The minimum absolute atomic E-state index is 0.00407.